The molecule has 0 aliphatic rings. The maximum absolute atomic E-state index is 12.2. The second kappa shape index (κ2) is 9.08. The van der Waals surface area contributed by atoms with Crippen LogP contribution in [0.2, 0.25) is 0 Å². The van der Waals surface area contributed by atoms with E-state index in [0.29, 0.717) is 23.5 Å². The Morgan fingerprint density at radius 2 is 1.85 bits per heavy atom. The average Bonchev–Trinajstić information content (AvgIpc) is 2.67. The van der Waals surface area contributed by atoms with Gasteiger partial charge in [-0.1, -0.05) is 24.3 Å². The van der Waals surface area contributed by atoms with Crippen molar-refractivity contribution < 1.29 is 19.1 Å². The van der Waals surface area contributed by atoms with Crippen LogP contribution in [-0.4, -0.2) is 25.2 Å². The number of carbonyl (C=O) groups is 2. The molecule has 2 N–H and O–H groups in total. The van der Waals surface area contributed by atoms with Crippen LogP contribution >= 0.6 is 0 Å². The topological polar surface area (TPSA) is 100 Å². The minimum Gasteiger partial charge on any atom is -0.480 e. The first-order chi connectivity index (χ1) is 12.5. The van der Waals surface area contributed by atoms with Crippen molar-refractivity contribution in [1.82, 2.24) is 5.32 Å². The summed E-state index contributed by atoms with van der Waals surface area (Å²) in [5.74, 6) is 0.0744. The molecular weight excluding hydrogens is 334 g/mol. The van der Waals surface area contributed by atoms with Crippen molar-refractivity contribution in [2.75, 3.05) is 12.4 Å². The Bertz CT molecular complexity index is 812. The van der Waals surface area contributed by atoms with Crippen LogP contribution in [0.4, 0.5) is 10.5 Å². The predicted octanol–water partition coefficient (Wildman–Crippen LogP) is 2.82. The highest BCUT2D eigenvalue weighted by molar-refractivity contribution is 5.84. The van der Waals surface area contributed by atoms with Gasteiger partial charge < -0.3 is 14.8 Å². The van der Waals surface area contributed by atoms with Gasteiger partial charge in [-0.2, -0.15) is 5.26 Å². The number of amides is 2. The van der Waals surface area contributed by atoms with E-state index in [1.165, 1.54) is 7.11 Å². The minimum atomic E-state index is -0.746. The van der Waals surface area contributed by atoms with E-state index >= 15 is 0 Å². The molecule has 2 aromatic rings. The Balaban J connectivity index is 1.87. The standard InChI is InChI=1S/C19H19N3O4/c1-13(26-17-6-4-3-5-15(17)11-20)18(23)21-12-14-7-9-16(10-8-14)22-19(24)25-2/h3-10,13H,12H2,1-2H3,(H,21,23)(H,22,24). The quantitative estimate of drug-likeness (QED) is 0.832. The van der Waals surface area contributed by atoms with Crippen LogP contribution in [0, 0.1) is 11.3 Å². The summed E-state index contributed by atoms with van der Waals surface area (Å²) in [4.78, 5) is 23.3. The lowest BCUT2D eigenvalue weighted by Crippen LogP contribution is -2.36. The molecule has 2 rings (SSSR count). The Morgan fingerprint density at radius 1 is 1.15 bits per heavy atom. The van der Waals surface area contributed by atoms with Crippen molar-refractivity contribution in [3.05, 3.63) is 59.7 Å². The number of carbonyl (C=O) groups excluding carboxylic acids is 2. The maximum atomic E-state index is 12.2. The average molecular weight is 353 g/mol. The van der Waals surface area contributed by atoms with Gasteiger partial charge in [-0.05, 0) is 36.8 Å². The van der Waals surface area contributed by atoms with E-state index in [1.54, 1.807) is 55.5 Å². The van der Waals surface area contributed by atoms with Crippen molar-refractivity contribution >= 4 is 17.7 Å². The number of anilines is 1. The van der Waals surface area contributed by atoms with E-state index in [0.717, 1.165) is 5.56 Å². The van der Waals surface area contributed by atoms with E-state index in [2.05, 4.69) is 15.4 Å². The lowest BCUT2D eigenvalue weighted by atomic mass is 10.2. The fourth-order valence-corrected chi connectivity index (χ4v) is 2.11. The molecule has 0 saturated heterocycles. The number of benzene rings is 2. The van der Waals surface area contributed by atoms with Gasteiger partial charge in [-0.3, -0.25) is 10.1 Å². The van der Waals surface area contributed by atoms with Gasteiger partial charge >= 0.3 is 6.09 Å². The normalized spacial score (nSPS) is 11.0. The first kappa shape index (κ1) is 18.8. The van der Waals surface area contributed by atoms with Gasteiger partial charge in [0, 0.05) is 12.2 Å². The van der Waals surface area contributed by atoms with Crippen molar-refractivity contribution in [2.24, 2.45) is 0 Å². The van der Waals surface area contributed by atoms with Gasteiger partial charge in [-0.25, -0.2) is 4.79 Å². The van der Waals surface area contributed by atoms with Crippen LogP contribution in [-0.2, 0) is 16.1 Å². The Labute approximate surface area is 151 Å². The summed E-state index contributed by atoms with van der Waals surface area (Å²) in [5, 5.41) is 14.4. The van der Waals surface area contributed by atoms with Crippen LogP contribution in [0.5, 0.6) is 5.75 Å². The van der Waals surface area contributed by atoms with Gasteiger partial charge in [0.2, 0.25) is 0 Å². The zero-order chi connectivity index (χ0) is 18.9. The molecule has 7 nitrogen and oxygen atoms in total. The van der Waals surface area contributed by atoms with Crippen molar-refractivity contribution in [2.45, 2.75) is 19.6 Å². The summed E-state index contributed by atoms with van der Waals surface area (Å²) >= 11 is 0. The zero-order valence-corrected chi connectivity index (χ0v) is 14.5. The maximum Gasteiger partial charge on any atom is 0.411 e. The Hall–Kier alpha value is -3.53. The van der Waals surface area contributed by atoms with Gasteiger partial charge in [0.25, 0.3) is 5.91 Å². The van der Waals surface area contributed by atoms with E-state index in [1.807, 2.05) is 6.07 Å². The van der Waals surface area contributed by atoms with Crippen LogP contribution in [0.3, 0.4) is 0 Å². The number of hydrogen-bond donors (Lipinski definition) is 2. The molecule has 0 aromatic heterocycles. The number of rotatable bonds is 6. The number of para-hydroxylation sites is 1. The molecule has 0 heterocycles. The zero-order valence-electron chi connectivity index (χ0n) is 14.5. The monoisotopic (exact) mass is 353 g/mol. The summed E-state index contributed by atoms with van der Waals surface area (Å²) in [5.41, 5.74) is 1.83. The van der Waals surface area contributed by atoms with Crippen molar-refractivity contribution in [3.8, 4) is 11.8 Å². The van der Waals surface area contributed by atoms with Gasteiger partial charge in [0.1, 0.15) is 11.8 Å². The Morgan fingerprint density at radius 3 is 2.50 bits per heavy atom. The summed E-state index contributed by atoms with van der Waals surface area (Å²) in [6, 6.07) is 15.8. The largest absolute Gasteiger partial charge is 0.480 e. The predicted molar refractivity (Wildman–Crippen MR) is 95.6 cm³/mol. The highest BCUT2D eigenvalue weighted by Crippen LogP contribution is 2.18. The van der Waals surface area contributed by atoms with Crippen LogP contribution < -0.4 is 15.4 Å². The summed E-state index contributed by atoms with van der Waals surface area (Å²) in [6.07, 6.45) is -1.29. The number of nitrogens with zero attached hydrogens (tertiary/aromatic N) is 1. The molecule has 1 atom stereocenters. The Kier molecular flexibility index (Phi) is 6.57. The summed E-state index contributed by atoms with van der Waals surface area (Å²) in [6.45, 7) is 1.93. The third-order valence-electron chi connectivity index (χ3n) is 3.53. The number of nitriles is 1. The third kappa shape index (κ3) is 5.24. The molecule has 2 aromatic carbocycles. The van der Waals surface area contributed by atoms with E-state index in [4.69, 9.17) is 10.00 Å². The lowest BCUT2D eigenvalue weighted by molar-refractivity contribution is -0.127. The van der Waals surface area contributed by atoms with E-state index in [9.17, 15) is 9.59 Å². The molecule has 134 valence electrons. The number of hydrogen-bond acceptors (Lipinski definition) is 5. The van der Waals surface area contributed by atoms with Gasteiger partial charge in [0.15, 0.2) is 6.10 Å². The second-order valence-electron chi connectivity index (χ2n) is 5.40. The number of ether oxygens (including phenoxy) is 2. The highest BCUT2D eigenvalue weighted by atomic mass is 16.5. The number of methoxy groups -OCH3 is 1. The third-order valence-corrected chi connectivity index (χ3v) is 3.53. The summed E-state index contributed by atoms with van der Waals surface area (Å²) < 4.78 is 10.1. The second-order valence-corrected chi connectivity index (χ2v) is 5.40. The van der Waals surface area contributed by atoms with Crippen molar-refractivity contribution in [1.29, 1.82) is 5.26 Å². The molecule has 0 bridgehead atoms. The van der Waals surface area contributed by atoms with E-state index < -0.39 is 12.2 Å². The van der Waals surface area contributed by atoms with Crippen LogP contribution in [0.15, 0.2) is 48.5 Å². The summed E-state index contributed by atoms with van der Waals surface area (Å²) in [7, 11) is 1.29. The fraction of sp³-hybridized carbons (Fsp3) is 0.211. The number of nitrogens with one attached hydrogen (secondary N) is 2. The molecule has 0 spiro atoms. The fourth-order valence-electron chi connectivity index (χ4n) is 2.11. The SMILES string of the molecule is COC(=O)Nc1ccc(CNC(=O)C(C)Oc2ccccc2C#N)cc1. The van der Waals surface area contributed by atoms with Gasteiger partial charge in [0.05, 0.1) is 12.7 Å². The lowest BCUT2D eigenvalue weighted by Gasteiger charge is -2.15. The smallest absolute Gasteiger partial charge is 0.411 e. The van der Waals surface area contributed by atoms with E-state index in [-0.39, 0.29) is 5.91 Å². The first-order valence-corrected chi connectivity index (χ1v) is 7.91. The molecular formula is C19H19N3O4. The minimum absolute atomic E-state index is 0.297. The van der Waals surface area contributed by atoms with Crippen molar-refractivity contribution in [3.63, 3.8) is 0 Å². The molecule has 26 heavy (non-hydrogen) atoms. The molecule has 0 saturated carbocycles. The molecule has 0 radical (unpaired) electrons. The highest BCUT2D eigenvalue weighted by Gasteiger charge is 2.16. The first-order valence-electron chi connectivity index (χ1n) is 7.91. The molecule has 2 amide bonds. The van der Waals surface area contributed by atoms with Gasteiger partial charge in [-0.15, -0.1) is 0 Å². The van der Waals surface area contributed by atoms with Crippen LogP contribution in [0.1, 0.15) is 18.1 Å². The molecule has 0 fully saturated rings. The molecule has 0 aliphatic heterocycles. The molecule has 0 aliphatic carbocycles. The molecule has 7 heteroatoms. The molecule has 1 unspecified atom stereocenters. The van der Waals surface area contributed by atoms with Crippen LogP contribution in [0.25, 0.3) is 0 Å².